The smallest absolute Gasteiger partial charge is 0.258 e. The topological polar surface area (TPSA) is 65.5 Å². The molecular weight excluding hydrogens is 306 g/mol. The van der Waals surface area contributed by atoms with Crippen LogP contribution < -0.4 is 5.48 Å². The summed E-state index contributed by atoms with van der Waals surface area (Å²) in [5.41, 5.74) is 2.66. The second kappa shape index (κ2) is 7.74. The Morgan fingerprint density at radius 1 is 1.48 bits per heavy atom. The van der Waals surface area contributed by atoms with Crippen molar-refractivity contribution < 1.29 is 10.0 Å². The third-order valence-corrected chi connectivity index (χ3v) is 5.00. The highest BCUT2D eigenvalue weighted by atomic mass is 32.2. The Labute approximate surface area is 132 Å². The van der Waals surface area contributed by atoms with Crippen molar-refractivity contribution in [1.29, 1.82) is 0 Å². The predicted octanol–water partition coefficient (Wildman–Crippen LogP) is 3.16. The highest BCUT2D eigenvalue weighted by Crippen LogP contribution is 2.31. The Morgan fingerprint density at radius 2 is 2.24 bits per heavy atom. The number of amides is 1. The molecule has 1 aromatic heterocycles. The summed E-state index contributed by atoms with van der Waals surface area (Å²) in [7, 11) is 0. The Hall–Kier alpha value is -1.15. The standard InChI is InChI=1S/C14H19N3O2S2/c1-10(2)7-8-17(9-13(18)16-19)21-14-15-11-5-3-4-6-12(11)20-14/h3-6,10,19H,7-9H2,1-2H3,(H,16,18). The summed E-state index contributed by atoms with van der Waals surface area (Å²) in [6.45, 7) is 5.20. The fraction of sp³-hybridized carbons (Fsp3) is 0.429. The zero-order valence-electron chi connectivity index (χ0n) is 12.1. The van der Waals surface area contributed by atoms with E-state index in [1.54, 1.807) is 16.8 Å². The first-order valence-electron chi connectivity index (χ1n) is 6.80. The lowest BCUT2D eigenvalue weighted by atomic mass is 10.1. The maximum absolute atomic E-state index is 11.4. The fourth-order valence-electron chi connectivity index (χ4n) is 1.76. The van der Waals surface area contributed by atoms with E-state index in [2.05, 4.69) is 18.8 Å². The fourth-order valence-corrected chi connectivity index (χ4v) is 3.93. The second-order valence-electron chi connectivity index (χ2n) is 5.12. The number of nitrogens with zero attached hydrogens (tertiary/aromatic N) is 2. The van der Waals surface area contributed by atoms with Crippen molar-refractivity contribution in [3.05, 3.63) is 24.3 Å². The molecule has 7 heteroatoms. The van der Waals surface area contributed by atoms with Gasteiger partial charge in [-0.2, -0.15) is 0 Å². The van der Waals surface area contributed by atoms with Crippen LogP contribution in [0.25, 0.3) is 10.2 Å². The summed E-state index contributed by atoms with van der Waals surface area (Å²) in [5.74, 6) is 0.146. The normalized spacial score (nSPS) is 11.5. The van der Waals surface area contributed by atoms with E-state index >= 15 is 0 Å². The van der Waals surface area contributed by atoms with Gasteiger partial charge in [0.15, 0.2) is 4.34 Å². The monoisotopic (exact) mass is 325 g/mol. The molecule has 114 valence electrons. The van der Waals surface area contributed by atoms with Gasteiger partial charge in [0.25, 0.3) is 5.91 Å². The minimum atomic E-state index is -0.410. The minimum absolute atomic E-state index is 0.143. The van der Waals surface area contributed by atoms with Crippen LogP contribution in [0.5, 0.6) is 0 Å². The molecule has 1 amide bonds. The molecular formula is C14H19N3O2S2. The summed E-state index contributed by atoms with van der Waals surface area (Å²) < 4.78 is 3.98. The van der Waals surface area contributed by atoms with Gasteiger partial charge in [-0.25, -0.2) is 14.8 Å². The lowest BCUT2D eigenvalue weighted by Gasteiger charge is -2.19. The van der Waals surface area contributed by atoms with Gasteiger partial charge >= 0.3 is 0 Å². The Morgan fingerprint density at radius 3 is 2.90 bits per heavy atom. The summed E-state index contributed by atoms with van der Waals surface area (Å²) in [4.78, 5) is 16.0. The van der Waals surface area contributed by atoms with Gasteiger partial charge in [0.1, 0.15) is 0 Å². The lowest BCUT2D eigenvalue weighted by molar-refractivity contribution is -0.129. The number of aromatic nitrogens is 1. The van der Waals surface area contributed by atoms with Crippen molar-refractivity contribution in [2.75, 3.05) is 13.1 Å². The van der Waals surface area contributed by atoms with Gasteiger partial charge in [-0.15, -0.1) is 11.3 Å². The number of hydroxylamine groups is 1. The number of hydrogen-bond donors (Lipinski definition) is 2. The number of carbonyl (C=O) groups excluding carboxylic acids is 1. The number of nitrogens with one attached hydrogen (secondary N) is 1. The number of fused-ring (bicyclic) bond motifs is 1. The summed E-state index contributed by atoms with van der Waals surface area (Å²) in [6.07, 6.45) is 0.983. The van der Waals surface area contributed by atoms with Gasteiger partial charge in [-0.05, 0) is 36.4 Å². The first-order chi connectivity index (χ1) is 10.1. The molecule has 0 radical (unpaired) electrons. The zero-order valence-corrected chi connectivity index (χ0v) is 13.7. The molecule has 2 aromatic rings. The SMILES string of the molecule is CC(C)CCN(CC(=O)NO)Sc1nc2ccccc2s1. The van der Waals surface area contributed by atoms with Crippen LogP contribution in [0.15, 0.2) is 28.6 Å². The average molecular weight is 325 g/mol. The molecule has 1 aromatic carbocycles. The van der Waals surface area contributed by atoms with Gasteiger partial charge in [-0.1, -0.05) is 26.0 Å². The summed E-state index contributed by atoms with van der Waals surface area (Å²) >= 11 is 3.08. The minimum Gasteiger partial charge on any atom is -0.289 e. The van der Waals surface area contributed by atoms with Crippen LogP contribution in [0.4, 0.5) is 0 Å². The molecule has 0 unspecified atom stereocenters. The maximum Gasteiger partial charge on any atom is 0.258 e. The van der Waals surface area contributed by atoms with Crippen LogP contribution >= 0.6 is 23.3 Å². The van der Waals surface area contributed by atoms with Gasteiger partial charge in [-0.3, -0.25) is 10.0 Å². The largest absolute Gasteiger partial charge is 0.289 e. The first kappa shape index (κ1) is 16.2. The van der Waals surface area contributed by atoms with Crippen molar-refractivity contribution >= 4 is 39.4 Å². The maximum atomic E-state index is 11.4. The van der Waals surface area contributed by atoms with Gasteiger partial charge in [0, 0.05) is 6.54 Å². The van der Waals surface area contributed by atoms with E-state index in [9.17, 15) is 4.79 Å². The molecule has 2 N–H and O–H groups in total. The molecule has 0 aliphatic rings. The first-order valence-corrected chi connectivity index (χ1v) is 8.39. The number of benzene rings is 1. The van der Waals surface area contributed by atoms with E-state index < -0.39 is 5.91 Å². The molecule has 2 rings (SSSR count). The van der Waals surface area contributed by atoms with Crippen LogP contribution in [-0.2, 0) is 4.79 Å². The number of carbonyl (C=O) groups is 1. The predicted molar refractivity (Wildman–Crippen MR) is 86.4 cm³/mol. The third-order valence-electron chi connectivity index (χ3n) is 2.88. The Balaban J connectivity index is 2.06. The molecule has 1 heterocycles. The molecule has 0 atom stereocenters. The number of hydrogen-bond acceptors (Lipinski definition) is 6. The van der Waals surface area contributed by atoms with Crippen LogP contribution in [0, 0.1) is 5.92 Å². The van der Waals surface area contributed by atoms with E-state index in [4.69, 9.17) is 5.21 Å². The molecule has 0 bridgehead atoms. The number of thiazole rings is 1. The Bertz CT molecular complexity index is 568. The van der Waals surface area contributed by atoms with E-state index in [0.29, 0.717) is 5.92 Å². The molecule has 0 fully saturated rings. The van der Waals surface area contributed by atoms with Crippen molar-refractivity contribution in [1.82, 2.24) is 14.8 Å². The summed E-state index contributed by atoms with van der Waals surface area (Å²) in [6, 6.07) is 7.97. The van der Waals surface area contributed by atoms with Crippen molar-refractivity contribution in [3.8, 4) is 0 Å². The quantitative estimate of drug-likeness (QED) is 0.465. The molecule has 0 aliphatic carbocycles. The summed E-state index contributed by atoms with van der Waals surface area (Å²) in [5, 5.41) is 8.69. The van der Waals surface area contributed by atoms with Gasteiger partial charge in [0.05, 0.1) is 16.8 Å². The molecule has 21 heavy (non-hydrogen) atoms. The van der Waals surface area contributed by atoms with Crippen LogP contribution in [0.3, 0.4) is 0 Å². The van der Waals surface area contributed by atoms with E-state index in [1.165, 1.54) is 11.9 Å². The number of para-hydroxylation sites is 1. The highest BCUT2D eigenvalue weighted by Gasteiger charge is 2.15. The average Bonchev–Trinajstić information content (AvgIpc) is 2.86. The van der Waals surface area contributed by atoms with E-state index in [1.807, 2.05) is 28.6 Å². The second-order valence-corrected chi connectivity index (χ2v) is 7.49. The van der Waals surface area contributed by atoms with Gasteiger partial charge < -0.3 is 0 Å². The van der Waals surface area contributed by atoms with E-state index in [-0.39, 0.29) is 6.54 Å². The molecule has 0 saturated heterocycles. The highest BCUT2D eigenvalue weighted by molar-refractivity contribution is 7.98. The Kier molecular flexibility index (Phi) is 5.98. The molecule has 5 nitrogen and oxygen atoms in total. The van der Waals surface area contributed by atoms with Crippen molar-refractivity contribution in [2.24, 2.45) is 5.92 Å². The van der Waals surface area contributed by atoms with Crippen molar-refractivity contribution in [2.45, 2.75) is 24.6 Å². The number of rotatable bonds is 7. The molecule has 0 saturated carbocycles. The van der Waals surface area contributed by atoms with Crippen LogP contribution in [0.2, 0.25) is 0 Å². The van der Waals surface area contributed by atoms with E-state index in [0.717, 1.165) is 27.5 Å². The zero-order chi connectivity index (χ0) is 15.2. The van der Waals surface area contributed by atoms with Crippen LogP contribution in [-0.4, -0.2) is 33.5 Å². The molecule has 0 aliphatic heterocycles. The van der Waals surface area contributed by atoms with Crippen LogP contribution in [0.1, 0.15) is 20.3 Å². The van der Waals surface area contributed by atoms with Crippen molar-refractivity contribution in [3.63, 3.8) is 0 Å². The van der Waals surface area contributed by atoms with Gasteiger partial charge in [0.2, 0.25) is 0 Å². The lowest BCUT2D eigenvalue weighted by Crippen LogP contribution is -2.32. The third kappa shape index (κ3) is 4.96. The molecule has 0 spiro atoms.